The molecule has 2 aromatic heterocycles. The van der Waals surface area contributed by atoms with Crippen LogP contribution in [0.1, 0.15) is 133 Å². The Kier molecular flexibility index (Phi) is 11.5. The van der Waals surface area contributed by atoms with Gasteiger partial charge in [0.15, 0.2) is 11.6 Å². The molecule has 14 heteroatoms. The molecule has 2 aromatic carbocycles. The van der Waals surface area contributed by atoms with E-state index in [1.54, 1.807) is 6.07 Å². The Morgan fingerprint density at radius 1 is 0.723 bits per heavy atom. The number of nitrogens with one attached hydrogen (secondary N) is 2. The molecule has 13 nitrogen and oxygen atoms in total. The van der Waals surface area contributed by atoms with Crippen molar-refractivity contribution in [2.24, 2.45) is 35.8 Å². The first-order valence-corrected chi connectivity index (χ1v) is 24.4. The molecule has 0 spiro atoms. The highest BCUT2D eigenvalue weighted by molar-refractivity contribution is 6.36. The predicted octanol–water partition coefficient (Wildman–Crippen LogP) is 8.81. The zero-order chi connectivity index (χ0) is 45.3. The van der Waals surface area contributed by atoms with E-state index in [9.17, 15) is 19.5 Å². The van der Waals surface area contributed by atoms with Gasteiger partial charge in [0, 0.05) is 82.9 Å². The number of carboxylic acid groups (broad SMARTS) is 1. The first kappa shape index (κ1) is 44.3. The van der Waals surface area contributed by atoms with E-state index in [1.807, 2.05) is 67.6 Å². The second-order valence-corrected chi connectivity index (χ2v) is 21.5. The van der Waals surface area contributed by atoms with Crippen molar-refractivity contribution in [1.82, 2.24) is 28.9 Å². The van der Waals surface area contributed by atoms with Crippen LogP contribution in [0, 0.1) is 28.6 Å². The second-order valence-electron chi connectivity index (χ2n) is 21.1. The molecule has 0 radical (unpaired) electrons. The molecule has 4 aliphatic carbocycles. The van der Waals surface area contributed by atoms with Crippen molar-refractivity contribution in [3.8, 4) is 11.1 Å². The summed E-state index contributed by atoms with van der Waals surface area (Å²) in [5.74, 6) is -0.465. The van der Waals surface area contributed by atoms with Gasteiger partial charge in [-0.3, -0.25) is 24.2 Å². The summed E-state index contributed by atoms with van der Waals surface area (Å²) in [5.41, 5.74) is 8.23. The van der Waals surface area contributed by atoms with Gasteiger partial charge in [-0.1, -0.05) is 35.9 Å². The van der Waals surface area contributed by atoms with Crippen LogP contribution in [-0.2, 0) is 49.6 Å². The Bertz CT molecular complexity index is 2530. The molecule has 346 valence electrons. The summed E-state index contributed by atoms with van der Waals surface area (Å²) >= 11 is 7.10. The number of halogens is 1. The first-order chi connectivity index (χ1) is 31.2. The van der Waals surface area contributed by atoms with Crippen LogP contribution in [0.25, 0.3) is 11.1 Å². The number of carbonyl (C=O) groups excluding carboxylic acids is 2. The van der Waals surface area contributed by atoms with E-state index in [0.29, 0.717) is 45.4 Å². The molecule has 4 bridgehead atoms. The van der Waals surface area contributed by atoms with Crippen LogP contribution in [0.2, 0.25) is 5.02 Å². The van der Waals surface area contributed by atoms with Gasteiger partial charge in [0.25, 0.3) is 11.8 Å². The van der Waals surface area contributed by atoms with Crippen LogP contribution in [-0.4, -0.2) is 91.7 Å². The number of methoxy groups -OCH3 is 1. The van der Waals surface area contributed by atoms with Crippen LogP contribution >= 0.6 is 11.6 Å². The minimum absolute atomic E-state index is 0.140. The van der Waals surface area contributed by atoms with Gasteiger partial charge < -0.3 is 29.6 Å². The van der Waals surface area contributed by atoms with Gasteiger partial charge in [0.05, 0.1) is 34.1 Å². The Balaban J connectivity index is 0.764. The maximum absolute atomic E-state index is 13.9. The van der Waals surface area contributed by atoms with Crippen molar-refractivity contribution < 1.29 is 24.2 Å². The number of amides is 2. The van der Waals surface area contributed by atoms with Gasteiger partial charge in [-0.25, -0.2) is 9.97 Å². The molecule has 4 heterocycles. The molecule has 0 saturated heterocycles. The summed E-state index contributed by atoms with van der Waals surface area (Å²) in [4.78, 5) is 54.5. The van der Waals surface area contributed by atoms with E-state index in [2.05, 4.69) is 20.4 Å². The minimum atomic E-state index is -0.620. The number of rotatable bonds is 15. The molecule has 6 aliphatic rings. The number of nitrogens with zero attached hydrogens (tertiary/aromatic N) is 6. The molecular weight excluding hydrogens is 840 g/mol. The third-order valence-electron chi connectivity index (χ3n) is 17.3. The molecule has 65 heavy (non-hydrogen) atoms. The van der Waals surface area contributed by atoms with Crippen molar-refractivity contribution in [3.63, 3.8) is 0 Å². The zero-order valence-corrected chi connectivity index (χ0v) is 39.4. The number of imidazole rings is 2. The summed E-state index contributed by atoms with van der Waals surface area (Å²) in [5, 5.41) is 16.5. The number of benzene rings is 2. The summed E-state index contributed by atoms with van der Waals surface area (Å²) in [6, 6.07) is 11.4. The van der Waals surface area contributed by atoms with Crippen molar-refractivity contribution in [3.05, 3.63) is 81.4 Å². The highest BCUT2D eigenvalue weighted by Crippen LogP contribution is 2.64. The number of fused-ring (bicyclic) bond motifs is 6. The molecule has 3 N–H and O–H groups in total. The quantitative estimate of drug-likeness (QED) is 0.107. The SMILES string of the molecule is COCC12CCC(CCCN3CCc4c(nc(C(=O)Nc5cccc(-c6cccc(NC(=O)c7nc8c(n7C)CCN(CCC79CCC(C(=O)O)(CC7)C9)C8)c6Cl)c5C)n4C)C3)(CC1)C2. The third kappa shape index (κ3) is 8.01. The topological polar surface area (TPSA) is 147 Å². The molecule has 4 fully saturated rings. The second kappa shape index (κ2) is 16.9. The number of carboxylic acids is 1. The predicted molar refractivity (Wildman–Crippen MR) is 251 cm³/mol. The van der Waals surface area contributed by atoms with E-state index in [1.165, 1.54) is 44.9 Å². The molecule has 0 atom stereocenters. The fourth-order valence-corrected chi connectivity index (χ4v) is 13.8. The number of ether oxygens (including phenoxy) is 1. The fraction of sp³-hybridized carbons (Fsp3) is 0.588. The number of anilines is 2. The monoisotopic (exact) mass is 904 g/mol. The molecule has 2 aliphatic heterocycles. The Labute approximate surface area is 387 Å². The van der Waals surface area contributed by atoms with Crippen LogP contribution in [0.15, 0.2) is 36.4 Å². The Morgan fingerprint density at radius 3 is 1.86 bits per heavy atom. The average Bonchev–Trinajstić information content (AvgIpc) is 4.15. The van der Waals surface area contributed by atoms with E-state index in [4.69, 9.17) is 26.3 Å². The van der Waals surface area contributed by atoms with E-state index in [-0.39, 0.29) is 17.2 Å². The lowest BCUT2D eigenvalue weighted by molar-refractivity contribution is -0.148. The summed E-state index contributed by atoms with van der Waals surface area (Å²) < 4.78 is 9.47. The van der Waals surface area contributed by atoms with E-state index >= 15 is 0 Å². The van der Waals surface area contributed by atoms with Crippen molar-refractivity contribution in [1.29, 1.82) is 0 Å². The number of aromatic nitrogens is 4. The zero-order valence-electron chi connectivity index (χ0n) is 38.7. The molecule has 2 amide bonds. The van der Waals surface area contributed by atoms with E-state index in [0.717, 1.165) is 130 Å². The van der Waals surface area contributed by atoms with Gasteiger partial charge in [-0.15, -0.1) is 0 Å². The summed E-state index contributed by atoms with van der Waals surface area (Å²) in [6.07, 6.45) is 16.2. The lowest BCUT2D eigenvalue weighted by Crippen LogP contribution is -2.34. The highest BCUT2D eigenvalue weighted by atomic mass is 35.5. The van der Waals surface area contributed by atoms with Crippen LogP contribution in [0.5, 0.6) is 0 Å². The number of hydrogen-bond donors (Lipinski definition) is 3. The summed E-state index contributed by atoms with van der Waals surface area (Å²) in [6.45, 7) is 8.11. The Morgan fingerprint density at radius 2 is 1.26 bits per heavy atom. The van der Waals surface area contributed by atoms with Crippen LogP contribution in [0.4, 0.5) is 11.4 Å². The Hall–Kier alpha value is -4.56. The van der Waals surface area contributed by atoms with Crippen LogP contribution < -0.4 is 10.6 Å². The van der Waals surface area contributed by atoms with Gasteiger partial charge in [0.1, 0.15) is 0 Å². The first-order valence-electron chi connectivity index (χ1n) is 24.0. The van der Waals surface area contributed by atoms with Crippen LogP contribution in [0.3, 0.4) is 0 Å². The number of carbonyl (C=O) groups is 3. The van der Waals surface area contributed by atoms with Crippen molar-refractivity contribution in [2.45, 2.75) is 116 Å². The lowest BCUT2D eigenvalue weighted by atomic mass is 9.79. The maximum atomic E-state index is 13.9. The minimum Gasteiger partial charge on any atom is -0.481 e. The number of aliphatic carboxylic acids is 1. The largest absolute Gasteiger partial charge is 0.481 e. The van der Waals surface area contributed by atoms with E-state index < -0.39 is 11.4 Å². The normalized spacial score (nSPS) is 27.0. The van der Waals surface area contributed by atoms with Crippen molar-refractivity contribution in [2.75, 3.05) is 50.5 Å². The molecule has 0 unspecified atom stereocenters. The molecule has 4 saturated carbocycles. The van der Waals surface area contributed by atoms with Crippen molar-refractivity contribution >= 4 is 40.8 Å². The number of hydrogen-bond acceptors (Lipinski definition) is 8. The fourth-order valence-electron chi connectivity index (χ4n) is 13.5. The lowest BCUT2D eigenvalue weighted by Gasteiger charge is -2.32. The molecule has 10 rings (SSSR count). The van der Waals surface area contributed by atoms with Gasteiger partial charge in [-0.05, 0) is 143 Å². The average molecular weight is 906 g/mol. The maximum Gasteiger partial charge on any atom is 0.309 e. The van der Waals surface area contributed by atoms with Gasteiger partial charge in [-0.2, -0.15) is 0 Å². The third-order valence-corrected chi connectivity index (χ3v) is 17.7. The van der Waals surface area contributed by atoms with Gasteiger partial charge >= 0.3 is 5.97 Å². The summed E-state index contributed by atoms with van der Waals surface area (Å²) in [7, 11) is 5.69. The highest BCUT2D eigenvalue weighted by Gasteiger charge is 2.58. The van der Waals surface area contributed by atoms with Gasteiger partial charge in [0.2, 0.25) is 0 Å². The smallest absolute Gasteiger partial charge is 0.309 e. The molecule has 4 aromatic rings. The molecular formula is C51H65ClN8O5. The standard InChI is InChI=1S/C51H65ClN8O5/c1-33-34(8-5-10-36(33)55-45(61)43-53-38-28-59(25-12-40(38)57(43)2)24-7-14-48-15-17-50(30-48,18-16-48)32-65-4)35-9-6-11-37(42(35)52)56-46(62)44-54-39-29-60(26-13-41(39)58(44)3)27-23-49-19-21-51(31-49,22-20-49)47(63)64/h5-6,8-11H,7,12-32H2,1-4H3,(H,55,61)(H,56,62)(H,63,64).